The summed E-state index contributed by atoms with van der Waals surface area (Å²) in [6.45, 7) is 6.46. The summed E-state index contributed by atoms with van der Waals surface area (Å²) in [4.78, 5) is 33.6. The highest BCUT2D eigenvalue weighted by Crippen LogP contribution is 2.29. The summed E-state index contributed by atoms with van der Waals surface area (Å²) in [5.41, 5.74) is 1.28. The van der Waals surface area contributed by atoms with Crippen molar-refractivity contribution >= 4 is 28.3 Å². The van der Waals surface area contributed by atoms with E-state index in [1.807, 2.05) is 0 Å². The van der Waals surface area contributed by atoms with Gasteiger partial charge in [0.25, 0.3) is 0 Å². The van der Waals surface area contributed by atoms with E-state index in [-0.39, 0.29) is 24.4 Å². The molecule has 0 spiro atoms. The van der Waals surface area contributed by atoms with E-state index in [0.717, 1.165) is 39.0 Å². The van der Waals surface area contributed by atoms with Gasteiger partial charge in [-0.1, -0.05) is 36.4 Å². The molecular formula is C23H28N4O2. The van der Waals surface area contributed by atoms with Crippen molar-refractivity contribution in [2.45, 2.75) is 31.8 Å². The number of rotatable bonds is 3. The number of fused-ring (bicyclic) bond motifs is 2. The second kappa shape index (κ2) is 7.34. The number of anilines is 1. The Bertz CT molecular complexity index is 940. The normalized spacial score (nSPS) is 25.8. The van der Waals surface area contributed by atoms with Crippen molar-refractivity contribution in [1.29, 1.82) is 0 Å². The minimum Gasteiger partial charge on any atom is -0.368 e. The van der Waals surface area contributed by atoms with Crippen LogP contribution in [-0.2, 0) is 9.59 Å². The fraction of sp³-hybridized carbons (Fsp3) is 0.478. The molecule has 3 saturated heterocycles. The van der Waals surface area contributed by atoms with Gasteiger partial charge in [0.15, 0.2) is 0 Å². The Hall–Kier alpha value is -2.60. The monoisotopic (exact) mass is 392 g/mol. The van der Waals surface area contributed by atoms with Crippen LogP contribution in [0, 0.1) is 0 Å². The van der Waals surface area contributed by atoms with Crippen molar-refractivity contribution in [1.82, 2.24) is 14.7 Å². The van der Waals surface area contributed by atoms with Crippen LogP contribution < -0.4 is 4.90 Å². The number of piperazine rings is 2. The summed E-state index contributed by atoms with van der Waals surface area (Å²) < 4.78 is 0. The molecule has 152 valence electrons. The van der Waals surface area contributed by atoms with Gasteiger partial charge in [-0.3, -0.25) is 14.5 Å². The van der Waals surface area contributed by atoms with Crippen LogP contribution in [0.4, 0.5) is 5.69 Å². The van der Waals surface area contributed by atoms with Gasteiger partial charge in [-0.15, -0.1) is 0 Å². The molecule has 6 heteroatoms. The van der Waals surface area contributed by atoms with E-state index in [1.54, 1.807) is 9.80 Å². The molecule has 0 radical (unpaired) electrons. The highest BCUT2D eigenvalue weighted by Gasteiger charge is 2.42. The molecular weight excluding hydrogens is 364 g/mol. The van der Waals surface area contributed by atoms with E-state index in [2.05, 4.69) is 59.2 Å². The van der Waals surface area contributed by atoms with E-state index in [9.17, 15) is 9.59 Å². The molecule has 2 atom stereocenters. The summed E-state index contributed by atoms with van der Waals surface area (Å²) in [5, 5.41) is 2.55. The Morgan fingerprint density at radius 2 is 1.83 bits per heavy atom. The Morgan fingerprint density at radius 1 is 1.00 bits per heavy atom. The molecule has 0 aromatic heterocycles. The van der Waals surface area contributed by atoms with E-state index in [0.29, 0.717) is 12.7 Å². The molecule has 3 aliphatic rings. The third kappa shape index (κ3) is 3.25. The maximum Gasteiger partial charge on any atom is 0.246 e. The third-order valence-corrected chi connectivity index (χ3v) is 6.72. The first-order valence-corrected chi connectivity index (χ1v) is 10.7. The first kappa shape index (κ1) is 18.4. The Labute approximate surface area is 171 Å². The van der Waals surface area contributed by atoms with E-state index in [1.165, 1.54) is 16.5 Å². The second-order valence-electron chi connectivity index (χ2n) is 8.53. The number of carbonyl (C=O) groups excluding carboxylic acids is 2. The SMILES string of the molecule is C[C@H]1CN(c2cccc3ccccc23)CCN1CN1CC(=O)N2CCC[C@@H]2C1=O. The Balaban J connectivity index is 1.28. The zero-order valence-electron chi connectivity index (χ0n) is 17.0. The topological polar surface area (TPSA) is 47.1 Å². The molecule has 3 fully saturated rings. The van der Waals surface area contributed by atoms with Gasteiger partial charge in [0.05, 0.1) is 6.67 Å². The largest absolute Gasteiger partial charge is 0.368 e. The van der Waals surface area contributed by atoms with Crippen LogP contribution in [0.5, 0.6) is 0 Å². The highest BCUT2D eigenvalue weighted by atomic mass is 16.2. The maximum atomic E-state index is 12.9. The Morgan fingerprint density at radius 3 is 2.69 bits per heavy atom. The smallest absolute Gasteiger partial charge is 0.246 e. The van der Waals surface area contributed by atoms with Gasteiger partial charge in [-0.05, 0) is 31.2 Å². The van der Waals surface area contributed by atoms with E-state index < -0.39 is 0 Å². The summed E-state index contributed by atoms with van der Waals surface area (Å²) in [7, 11) is 0. The minimum absolute atomic E-state index is 0.106. The van der Waals surface area contributed by atoms with Crippen LogP contribution >= 0.6 is 0 Å². The first-order valence-electron chi connectivity index (χ1n) is 10.7. The van der Waals surface area contributed by atoms with Crippen LogP contribution in [-0.4, -0.2) is 78.0 Å². The van der Waals surface area contributed by atoms with Crippen molar-refractivity contribution < 1.29 is 9.59 Å². The zero-order valence-corrected chi connectivity index (χ0v) is 17.0. The van der Waals surface area contributed by atoms with Crippen molar-refractivity contribution in [2.24, 2.45) is 0 Å². The fourth-order valence-electron chi connectivity index (χ4n) is 5.11. The van der Waals surface area contributed by atoms with Gasteiger partial charge in [0, 0.05) is 43.3 Å². The van der Waals surface area contributed by atoms with E-state index in [4.69, 9.17) is 0 Å². The number of nitrogens with zero attached hydrogens (tertiary/aromatic N) is 4. The van der Waals surface area contributed by atoms with Crippen molar-refractivity contribution in [3.05, 3.63) is 42.5 Å². The van der Waals surface area contributed by atoms with Gasteiger partial charge < -0.3 is 14.7 Å². The minimum atomic E-state index is -0.219. The van der Waals surface area contributed by atoms with E-state index >= 15 is 0 Å². The lowest BCUT2D eigenvalue weighted by Gasteiger charge is -2.45. The number of amides is 2. The summed E-state index contributed by atoms with van der Waals surface area (Å²) in [6, 6.07) is 15.1. The van der Waals surface area contributed by atoms with Crippen molar-refractivity contribution in [3.8, 4) is 0 Å². The number of hydrogen-bond acceptors (Lipinski definition) is 4. The quantitative estimate of drug-likeness (QED) is 0.803. The molecule has 6 nitrogen and oxygen atoms in total. The second-order valence-corrected chi connectivity index (χ2v) is 8.53. The van der Waals surface area contributed by atoms with Gasteiger partial charge >= 0.3 is 0 Å². The fourth-order valence-corrected chi connectivity index (χ4v) is 5.11. The molecule has 0 saturated carbocycles. The maximum absolute atomic E-state index is 12.9. The molecule has 0 N–H and O–H groups in total. The van der Waals surface area contributed by atoms with Crippen LogP contribution in [0.25, 0.3) is 10.8 Å². The molecule has 29 heavy (non-hydrogen) atoms. The molecule has 2 amide bonds. The van der Waals surface area contributed by atoms with Gasteiger partial charge in [-0.2, -0.15) is 0 Å². The lowest BCUT2D eigenvalue weighted by atomic mass is 10.1. The third-order valence-electron chi connectivity index (χ3n) is 6.72. The summed E-state index contributed by atoms with van der Waals surface area (Å²) in [5.74, 6) is 0.236. The predicted molar refractivity (Wildman–Crippen MR) is 114 cm³/mol. The van der Waals surface area contributed by atoms with Gasteiger partial charge in [0.1, 0.15) is 12.6 Å². The number of hydrogen-bond donors (Lipinski definition) is 0. The number of benzene rings is 2. The lowest BCUT2D eigenvalue weighted by molar-refractivity contribution is -0.156. The van der Waals surface area contributed by atoms with Crippen molar-refractivity contribution in [3.63, 3.8) is 0 Å². The molecule has 2 aromatic carbocycles. The Kier molecular flexibility index (Phi) is 4.66. The molecule has 0 bridgehead atoms. The first-order chi connectivity index (χ1) is 14.1. The van der Waals surface area contributed by atoms with Gasteiger partial charge in [-0.25, -0.2) is 0 Å². The van der Waals surface area contributed by atoms with Crippen molar-refractivity contribution in [2.75, 3.05) is 44.3 Å². The summed E-state index contributed by atoms with van der Waals surface area (Å²) in [6.07, 6.45) is 1.75. The zero-order chi connectivity index (χ0) is 20.0. The average Bonchev–Trinajstić information content (AvgIpc) is 3.24. The molecule has 3 heterocycles. The van der Waals surface area contributed by atoms with Crippen LogP contribution in [0.3, 0.4) is 0 Å². The van der Waals surface area contributed by atoms with Crippen LogP contribution in [0.1, 0.15) is 19.8 Å². The van der Waals surface area contributed by atoms with Gasteiger partial charge in [0.2, 0.25) is 11.8 Å². The molecule has 0 unspecified atom stereocenters. The molecule has 3 aliphatic heterocycles. The lowest BCUT2D eigenvalue weighted by Crippen LogP contribution is -2.62. The summed E-state index contributed by atoms with van der Waals surface area (Å²) >= 11 is 0. The molecule has 5 rings (SSSR count). The molecule has 2 aromatic rings. The van der Waals surface area contributed by atoms with Crippen LogP contribution in [0.2, 0.25) is 0 Å². The number of carbonyl (C=O) groups is 2. The standard InChI is InChI=1S/C23H28N4O2/c1-17-14-24(20-9-4-7-18-6-2-3-8-19(18)20)12-13-25(17)16-26-15-22(28)27-11-5-10-21(27)23(26)29/h2-4,6-9,17,21H,5,10-16H2,1H3/t17-,21+/m0/s1. The average molecular weight is 393 g/mol. The highest BCUT2D eigenvalue weighted by molar-refractivity contribution is 5.95. The predicted octanol–water partition coefficient (Wildman–Crippen LogP) is 2.14. The van der Waals surface area contributed by atoms with Crippen LogP contribution in [0.15, 0.2) is 42.5 Å². The molecule has 0 aliphatic carbocycles.